The zero-order chi connectivity index (χ0) is 16.2. The van der Waals surface area contributed by atoms with E-state index in [2.05, 4.69) is 33.0 Å². The molecular weight excluding hydrogens is 265 g/mol. The average molecular weight is 295 g/mol. The molecule has 3 heteroatoms. The minimum atomic E-state index is -0.146. The predicted molar refractivity (Wildman–Crippen MR) is 87.2 cm³/mol. The number of hydrogen-bond donors (Lipinski definition) is 1. The van der Waals surface area contributed by atoms with Crippen LogP contribution in [0.4, 0.5) is 4.39 Å². The first kappa shape index (κ1) is 18.1. The summed E-state index contributed by atoms with van der Waals surface area (Å²) in [6, 6.07) is 3.50. The zero-order valence-corrected chi connectivity index (χ0v) is 14.5. The van der Waals surface area contributed by atoms with Crippen molar-refractivity contribution < 1.29 is 9.13 Å². The molecule has 1 rings (SSSR count). The third kappa shape index (κ3) is 4.52. The van der Waals surface area contributed by atoms with Crippen molar-refractivity contribution in [3.63, 3.8) is 0 Å². The van der Waals surface area contributed by atoms with Gasteiger partial charge in [0.1, 0.15) is 5.82 Å². The second-order valence-corrected chi connectivity index (χ2v) is 6.93. The predicted octanol–water partition coefficient (Wildman–Crippen LogP) is 4.54. The first-order valence-electron chi connectivity index (χ1n) is 7.75. The molecule has 2 unspecified atom stereocenters. The van der Waals surface area contributed by atoms with Crippen LogP contribution in [-0.4, -0.2) is 19.8 Å². The molecule has 0 bridgehead atoms. The summed E-state index contributed by atoms with van der Waals surface area (Å²) in [5.74, 6) is -0.146. The third-order valence-corrected chi connectivity index (χ3v) is 3.82. The Hall–Kier alpha value is -0.930. The highest BCUT2D eigenvalue weighted by Crippen LogP contribution is 2.35. The molecule has 0 aliphatic carbocycles. The van der Waals surface area contributed by atoms with Gasteiger partial charge in [-0.1, -0.05) is 33.8 Å². The van der Waals surface area contributed by atoms with Crippen LogP contribution in [0, 0.1) is 25.1 Å². The standard InChI is InChI=1S/C18H30FNO/c1-8-9-20-16(17(21-7)18(4,5)6)15-13(3)10-12(2)11-14(15)19/h10-11,16-17,20H,8-9H2,1-7H3. The molecule has 1 N–H and O–H groups in total. The highest BCUT2D eigenvalue weighted by atomic mass is 19.1. The second kappa shape index (κ2) is 7.37. The lowest BCUT2D eigenvalue weighted by Gasteiger charge is -2.37. The van der Waals surface area contributed by atoms with Crippen LogP contribution >= 0.6 is 0 Å². The van der Waals surface area contributed by atoms with E-state index < -0.39 is 0 Å². The Morgan fingerprint density at radius 3 is 2.29 bits per heavy atom. The molecular formula is C18H30FNO. The normalized spacial score (nSPS) is 15.0. The molecule has 0 aromatic heterocycles. The minimum Gasteiger partial charge on any atom is -0.379 e. The van der Waals surface area contributed by atoms with E-state index in [0.717, 1.165) is 29.7 Å². The highest BCUT2D eigenvalue weighted by molar-refractivity contribution is 5.35. The fourth-order valence-corrected chi connectivity index (χ4v) is 2.97. The lowest BCUT2D eigenvalue weighted by Crippen LogP contribution is -2.42. The molecule has 0 saturated carbocycles. The molecule has 2 nitrogen and oxygen atoms in total. The SMILES string of the molecule is CCCNC(c1c(C)cc(C)cc1F)C(OC)C(C)(C)C. The van der Waals surface area contributed by atoms with E-state index in [1.165, 1.54) is 0 Å². The van der Waals surface area contributed by atoms with Crippen LogP contribution < -0.4 is 5.32 Å². The van der Waals surface area contributed by atoms with Crippen molar-refractivity contribution in [1.82, 2.24) is 5.32 Å². The number of halogens is 1. The van der Waals surface area contributed by atoms with Crippen LogP contribution in [0.2, 0.25) is 0 Å². The first-order chi connectivity index (χ1) is 9.72. The van der Waals surface area contributed by atoms with Gasteiger partial charge in [0, 0.05) is 12.7 Å². The Kier molecular flexibility index (Phi) is 6.36. The second-order valence-electron chi connectivity index (χ2n) is 6.93. The largest absolute Gasteiger partial charge is 0.379 e. The van der Waals surface area contributed by atoms with Gasteiger partial charge in [-0.2, -0.15) is 0 Å². The van der Waals surface area contributed by atoms with Gasteiger partial charge in [0.25, 0.3) is 0 Å². The monoisotopic (exact) mass is 295 g/mol. The number of ether oxygens (including phenoxy) is 1. The van der Waals surface area contributed by atoms with Crippen molar-refractivity contribution in [2.24, 2.45) is 5.41 Å². The molecule has 0 amide bonds. The van der Waals surface area contributed by atoms with Gasteiger partial charge in [0.2, 0.25) is 0 Å². The molecule has 0 aliphatic rings. The van der Waals surface area contributed by atoms with Crippen LogP contribution in [0.3, 0.4) is 0 Å². The molecule has 0 aliphatic heterocycles. The van der Waals surface area contributed by atoms with Crippen molar-refractivity contribution in [2.45, 2.75) is 60.1 Å². The maximum atomic E-state index is 14.6. The fourth-order valence-electron chi connectivity index (χ4n) is 2.97. The van der Waals surface area contributed by atoms with Gasteiger partial charge in [0.05, 0.1) is 12.1 Å². The number of rotatable bonds is 6. The molecule has 0 spiro atoms. The Bertz CT molecular complexity index is 442. The summed E-state index contributed by atoms with van der Waals surface area (Å²) in [5.41, 5.74) is 2.58. The van der Waals surface area contributed by atoms with Crippen LogP contribution in [0.25, 0.3) is 0 Å². The van der Waals surface area contributed by atoms with Gasteiger partial charge >= 0.3 is 0 Å². The summed E-state index contributed by atoms with van der Waals surface area (Å²) in [5, 5.41) is 3.48. The van der Waals surface area contributed by atoms with Gasteiger partial charge in [-0.15, -0.1) is 0 Å². The number of hydrogen-bond acceptors (Lipinski definition) is 2. The average Bonchev–Trinajstić information content (AvgIpc) is 2.33. The van der Waals surface area contributed by atoms with Gasteiger partial charge < -0.3 is 10.1 Å². The molecule has 0 radical (unpaired) electrons. The van der Waals surface area contributed by atoms with E-state index >= 15 is 0 Å². The third-order valence-electron chi connectivity index (χ3n) is 3.82. The molecule has 2 atom stereocenters. The summed E-state index contributed by atoms with van der Waals surface area (Å²) in [4.78, 5) is 0. The summed E-state index contributed by atoms with van der Waals surface area (Å²) < 4.78 is 20.3. The van der Waals surface area contributed by atoms with Crippen LogP contribution in [0.1, 0.15) is 56.8 Å². The number of aryl methyl sites for hydroxylation is 2. The molecule has 21 heavy (non-hydrogen) atoms. The van der Waals surface area contributed by atoms with E-state index in [0.29, 0.717) is 0 Å². The van der Waals surface area contributed by atoms with Crippen LogP contribution in [0.15, 0.2) is 12.1 Å². The molecule has 1 aromatic carbocycles. The summed E-state index contributed by atoms with van der Waals surface area (Å²) in [6.07, 6.45) is 0.906. The van der Waals surface area contributed by atoms with Crippen molar-refractivity contribution in [1.29, 1.82) is 0 Å². The summed E-state index contributed by atoms with van der Waals surface area (Å²) >= 11 is 0. The Morgan fingerprint density at radius 1 is 1.24 bits per heavy atom. The highest BCUT2D eigenvalue weighted by Gasteiger charge is 2.35. The first-order valence-corrected chi connectivity index (χ1v) is 7.75. The van der Waals surface area contributed by atoms with E-state index in [1.807, 2.05) is 19.9 Å². The molecule has 0 fully saturated rings. The summed E-state index contributed by atoms with van der Waals surface area (Å²) in [6.45, 7) is 13.2. The van der Waals surface area contributed by atoms with E-state index in [-0.39, 0.29) is 23.4 Å². The van der Waals surface area contributed by atoms with Gasteiger partial charge in [0.15, 0.2) is 0 Å². The topological polar surface area (TPSA) is 21.3 Å². The Morgan fingerprint density at radius 2 is 1.86 bits per heavy atom. The van der Waals surface area contributed by atoms with E-state index in [9.17, 15) is 4.39 Å². The smallest absolute Gasteiger partial charge is 0.128 e. The van der Waals surface area contributed by atoms with Crippen molar-refractivity contribution in [2.75, 3.05) is 13.7 Å². The molecule has 0 heterocycles. The van der Waals surface area contributed by atoms with E-state index in [4.69, 9.17) is 4.74 Å². The summed E-state index contributed by atoms with van der Waals surface area (Å²) in [7, 11) is 1.71. The van der Waals surface area contributed by atoms with Crippen molar-refractivity contribution >= 4 is 0 Å². The van der Waals surface area contributed by atoms with E-state index in [1.54, 1.807) is 13.2 Å². The number of benzene rings is 1. The maximum Gasteiger partial charge on any atom is 0.128 e. The quantitative estimate of drug-likeness (QED) is 0.831. The zero-order valence-electron chi connectivity index (χ0n) is 14.5. The number of nitrogens with one attached hydrogen (secondary N) is 1. The van der Waals surface area contributed by atoms with Gasteiger partial charge in [-0.05, 0) is 49.4 Å². The van der Waals surface area contributed by atoms with Crippen molar-refractivity contribution in [3.8, 4) is 0 Å². The number of methoxy groups -OCH3 is 1. The maximum absolute atomic E-state index is 14.6. The van der Waals surface area contributed by atoms with Gasteiger partial charge in [-0.3, -0.25) is 0 Å². The lowest BCUT2D eigenvalue weighted by atomic mass is 9.80. The molecule has 120 valence electrons. The fraction of sp³-hybridized carbons (Fsp3) is 0.667. The van der Waals surface area contributed by atoms with Crippen LogP contribution in [-0.2, 0) is 4.74 Å². The minimum absolute atomic E-state index is 0.0794. The molecule has 1 aromatic rings. The Balaban J connectivity index is 3.31. The molecule has 0 saturated heterocycles. The van der Waals surface area contributed by atoms with Gasteiger partial charge in [-0.25, -0.2) is 4.39 Å². The van der Waals surface area contributed by atoms with Crippen molar-refractivity contribution in [3.05, 3.63) is 34.6 Å². The lowest BCUT2D eigenvalue weighted by molar-refractivity contribution is -0.0128. The van der Waals surface area contributed by atoms with Crippen LogP contribution in [0.5, 0.6) is 0 Å². The Labute approximate surface area is 129 Å².